The Hall–Kier alpha value is -0.940. The van der Waals surface area contributed by atoms with Gasteiger partial charge in [-0.1, -0.05) is 11.6 Å². The molecule has 2 aliphatic rings. The Kier molecular flexibility index (Phi) is 3.90. The maximum atomic E-state index is 5.48. The Morgan fingerprint density at radius 2 is 2.22 bits per heavy atom. The van der Waals surface area contributed by atoms with Gasteiger partial charge >= 0.3 is 0 Å². The van der Waals surface area contributed by atoms with E-state index in [2.05, 4.69) is 15.5 Å². The van der Waals surface area contributed by atoms with Gasteiger partial charge in [-0.05, 0) is 38.1 Å². The molecular formula is C13H21N3O2. The SMILES string of the molecule is C1CCC(c2nc(CC3CCCOC3)no2)NC1. The van der Waals surface area contributed by atoms with Crippen molar-refractivity contribution in [2.75, 3.05) is 19.8 Å². The summed E-state index contributed by atoms with van der Waals surface area (Å²) in [5.41, 5.74) is 0. The van der Waals surface area contributed by atoms with Gasteiger partial charge in [0.05, 0.1) is 6.04 Å². The third-order valence-corrected chi connectivity index (χ3v) is 3.82. The zero-order valence-electron chi connectivity index (χ0n) is 10.7. The lowest BCUT2D eigenvalue weighted by Gasteiger charge is -2.20. The highest BCUT2D eigenvalue weighted by Gasteiger charge is 2.22. The molecule has 0 radical (unpaired) electrons. The van der Waals surface area contributed by atoms with Crippen LogP contribution in [0.4, 0.5) is 0 Å². The van der Waals surface area contributed by atoms with Crippen molar-refractivity contribution in [3.8, 4) is 0 Å². The van der Waals surface area contributed by atoms with Gasteiger partial charge in [0.15, 0.2) is 5.82 Å². The lowest BCUT2D eigenvalue weighted by Crippen LogP contribution is -2.27. The van der Waals surface area contributed by atoms with Crippen LogP contribution in [0, 0.1) is 5.92 Å². The molecule has 0 amide bonds. The number of hydrogen-bond acceptors (Lipinski definition) is 5. The first-order valence-electron chi connectivity index (χ1n) is 7.05. The van der Waals surface area contributed by atoms with Crippen LogP contribution in [0.5, 0.6) is 0 Å². The molecule has 3 heterocycles. The quantitative estimate of drug-likeness (QED) is 0.888. The van der Waals surface area contributed by atoms with E-state index in [1.807, 2.05) is 0 Å². The van der Waals surface area contributed by atoms with Crippen molar-refractivity contribution in [3.05, 3.63) is 11.7 Å². The van der Waals surface area contributed by atoms with Gasteiger partial charge in [-0.2, -0.15) is 4.98 Å². The van der Waals surface area contributed by atoms with Gasteiger partial charge in [-0.25, -0.2) is 0 Å². The summed E-state index contributed by atoms with van der Waals surface area (Å²) in [5, 5.41) is 7.54. The lowest BCUT2D eigenvalue weighted by molar-refractivity contribution is 0.0541. The molecule has 2 unspecified atom stereocenters. The number of nitrogens with one attached hydrogen (secondary N) is 1. The molecule has 1 aromatic heterocycles. The van der Waals surface area contributed by atoms with E-state index in [0.29, 0.717) is 5.92 Å². The van der Waals surface area contributed by atoms with Crippen LogP contribution >= 0.6 is 0 Å². The predicted octanol–water partition coefficient (Wildman–Crippen LogP) is 1.85. The van der Waals surface area contributed by atoms with Crippen LogP contribution in [0.2, 0.25) is 0 Å². The Bertz CT molecular complexity index is 368. The topological polar surface area (TPSA) is 60.2 Å². The second-order valence-electron chi connectivity index (χ2n) is 5.34. The van der Waals surface area contributed by atoms with Crippen LogP contribution < -0.4 is 5.32 Å². The number of nitrogens with zero attached hydrogens (tertiary/aromatic N) is 2. The second kappa shape index (κ2) is 5.80. The van der Waals surface area contributed by atoms with Crippen molar-refractivity contribution in [1.82, 2.24) is 15.5 Å². The molecule has 0 saturated carbocycles. The van der Waals surface area contributed by atoms with Crippen LogP contribution in [0.15, 0.2) is 4.52 Å². The summed E-state index contributed by atoms with van der Waals surface area (Å²) in [4.78, 5) is 4.53. The van der Waals surface area contributed by atoms with E-state index < -0.39 is 0 Å². The van der Waals surface area contributed by atoms with E-state index in [4.69, 9.17) is 9.26 Å². The fourth-order valence-corrected chi connectivity index (χ4v) is 2.78. The first-order chi connectivity index (χ1) is 8.92. The van der Waals surface area contributed by atoms with E-state index in [9.17, 15) is 0 Å². The Morgan fingerprint density at radius 1 is 1.22 bits per heavy atom. The highest BCUT2D eigenvalue weighted by Crippen LogP contribution is 2.23. The van der Waals surface area contributed by atoms with Crippen LogP contribution in [0.1, 0.15) is 49.9 Å². The average molecular weight is 251 g/mol. The maximum Gasteiger partial charge on any atom is 0.243 e. The van der Waals surface area contributed by atoms with Crippen LogP contribution in [-0.4, -0.2) is 29.9 Å². The van der Waals surface area contributed by atoms with Gasteiger partial charge in [0, 0.05) is 19.6 Å². The minimum absolute atomic E-state index is 0.266. The molecule has 1 aromatic rings. The fourth-order valence-electron chi connectivity index (χ4n) is 2.78. The molecule has 100 valence electrons. The van der Waals surface area contributed by atoms with Gasteiger partial charge in [0.1, 0.15) is 0 Å². The van der Waals surface area contributed by atoms with E-state index >= 15 is 0 Å². The van der Waals surface area contributed by atoms with E-state index in [1.54, 1.807) is 0 Å². The van der Waals surface area contributed by atoms with Crippen molar-refractivity contribution >= 4 is 0 Å². The fraction of sp³-hybridized carbons (Fsp3) is 0.846. The standard InChI is InChI=1S/C13H21N3O2/c1-2-6-14-11(5-1)13-15-12(16-18-13)8-10-4-3-7-17-9-10/h10-11,14H,1-9H2. The van der Waals surface area contributed by atoms with Gasteiger partial charge in [0.25, 0.3) is 0 Å². The van der Waals surface area contributed by atoms with Crippen LogP contribution in [0.25, 0.3) is 0 Å². The molecule has 2 aliphatic heterocycles. The van der Waals surface area contributed by atoms with Gasteiger partial charge in [-0.15, -0.1) is 0 Å². The van der Waals surface area contributed by atoms with Gasteiger partial charge in [0.2, 0.25) is 5.89 Å². The number of aromatic nitrogens is 2. The van der Waals surface area contributed by atoms with Crippen LogP contribution in [-0.2, 0) is 11.2 Å². The summed E-state index contributed by atoms with van der Waals surface area (Å²) in [7, 11) is 0. The van der Waals surface area contributed by atoms with E-state index in [1.165, 1.54) is 19.3 Å². The highest BCUT2D eigenvalue weighted by molar-refractivity contribution is 4.95. The normalized spacial score (nSPS) is 29.3. The third-order valence-electron chi connectivity index (χ3n) is 3.82. The molecular weight excluding hydrogens is 230 g/mol. The largest absolute Gasteiger partial charge is 0.381 e. The molecule has 0 bridgehead atoms. The van der Waals surface area contributed by atoms with Crippen molar-refractivity contribution in [1.29, 1.82) is 0 Å². The summed E-state index contributed by atoms with van der Waals surface area (Å²) in [6, 6.07) is 0.266. The molecule has 0 aliphatic carbocycles. The van der Waals surface area contributed by atoms with E-state index in [0.717, 1.165) is 50.7 Å². The first-order valence-corrected chi connectivity index (χ1v) is 7.05. The minimum atomic E-state index is 0.266. The molecule has 0 aromatic carbocycles. The summed E-state index contributed by atoms with van der Waals surface area (Å²) in [6.07, 6.45) is 6.85. The molecule has 0 spiro atoms. The van der Waals surface area contributed by atoms with Gasteiger partial charge in [-0.3, -0.25) is 0 Å². The molecule has 5 heteroatoms. The predicted molar refractivity (Wildman–Crippen MR) is 66.1 cm³/mol. The van der Waals surface area contributed by atoms with Crippen molar-refractivity contribution in [2.24, 2.45) is 5.92 Å². The Morgan fingerprint density at radius 3 is 3.00 bits per heavy atom. The molecule has 2 saturated heterocycles. The molecule has 18 heavy (non-hydrogen) atoms. The van der Waals surface area contributed by atoms with Crippen LogP contribution in [0.3, 0.4) is 0 Å². The van der Waals surface area contributed by atoms with Crippen molar-refractivity contribution in [2.45, 2.75) is 44.6 Å². The summed E-state index contributed by atoms with van der Waals surface area (Å²) < 4.78 is 10.9. The molecule has 2 fully saturated rings. The molecule has 3 rings (SSSR count). The lowest BCUT2D eigenvalue weighted by atomic mass is 9.98. The number of ether oxygens (including phenoxy) is 1. The number of rotatable bonds is 3. The van der Waals surface area contributed by atoms with Gasteiger partial charge < -0.3 is 14.6 Å². The molecule has 2 atom stereocenters. The zero-order valence-corrected chi connectivity index (χ0v) is 10.7. The summed E-state index contributed by atoms with van der Waals surface area (Å²) in [6.45, 7) is 2.80. The smallest absolute Gasteiger partial charge is 0.243 e. The Labute approximate surface area is 107 Å². The monoisotopic (exact) mass is 251 g/mol. The van der Waals surface area contributed by atoms with Crippen molar-refractivity contribution < 1.29 is 9.26 Å². The zero-order chi connectivity index (χ0) is 12.2. The summed E-state index contributed by atoms with van der Waals surface area (Å²) in [5.74, 6) is 2.16. The third kappa shape index (κ3) is 2.90. The molecule has 1 N–H and O–H groups in total. The first kappa shape index (κ1) is 12.1. The summed E-state index contributed by atoms with van der Waals surface area (Å²) >= 11 is 0. The maximum absolute atomic E-state index is 5.48. The molecule has 5 nitrogen and oxygen atoms in total. The minimum Gasteiger partial charge on any atom is -0.381 e. The average Bonchev–Trinajstić information content (AvgIpc) is 2.89. The number of hydrogen-bond donors (Lipinski definition) is 1. The van der Waals surface area contributed by atoms with Crippen molar-refractivity contribution in [3.63, 3.8) is 0 Å². The van der Waals surface area contributed by atoms with E-state index in [-0.39, 0.29) is 6.04 Å². The highest BCUT2D eigenvalue weighted by atomic mass is 16.5. The number of piperidine rings is 1. The Balaban J connectivity index is 1.58. The second-order valence-corrected chi connectivity index (χ2v) is 5.34.